The van der Waals surface area contributed by atoms with Crippen molar-refractivity contribution in [3.8, 4) is 0 Å². The molecule has 1 saturated heterocycles. The van der Waals surface area contributed by atoms with Crippen molar-refractivity contribution in [1.82, 2.24) is 10.1 Å². The zero-order valence-electron chi connectivity index (χ0n) is 9.60. The Morgan fingerprint density at radius 3 is 3.06 bits per heavy atom. The molecule has 0 radical (unpaired) electrons. The molecule has 0 amide bonds. The van der Waals surface area contributed by atoms with E-state index in [4.69, 9.17) is 19.7 Å². The lowest BCUT2D eigenvalue weighted by Crippen LogP contribution is -2.42. The van der Waals surface area contributed by atoms with Crippen molar-refractivity contribution < 1.29 is 14.0 Å². The van der Waals surface area contributed by atoms with Crippen LogP contribution in [0.25, 0.3) is 0 Å². The third-order valence-electron chi connectivity index (χ3n) is 2.91. The van der Waals surface area contributed by atoms with Crippen molar-refractivity contribution >= 4 is 0 Å². The standard InChI is InChI=1S/C10H17N3O3/c1-3-14-5-8-12-9(16-13-8)10(2)6-15-4-7(10)11/h7H,3-6,11H2,1-2H3. The maximum Gasteiger partial charge on any atom is 0.236 e. The summed E-state index contributed by atoms with van der Waals surface area (Å²) < 4.78 is 15.8. The molecule has 1 fully saturated rings. The van der Waals surface area contributed by atoms with Crippen LogP contribution < -0.4 is 5.73 Å². The molecular weight excluding hydrogens is 210 g/mol. The lowest BCUT2D eigenvalue weighted by molar-refractivity contribution is 0.126. The van der Waals surface area contributed by atoms with E-state index in [0.29, 0.717) is 38.1 Å². The average molecular weight is 227 g/mol. The highest BCUT2D eigenvalue weighted by Gasteiger charge is 2.44. The van der Waals surface area contributed by atoms with E-state index in [1.165, 1.54) is 0 Å². The highest BCUT2D eigenvalue weighted by molar-refractivity contribution is 5.11. The van der Waals surface area contributed by atoms with Gasteiger partial charge in [-0.15, -0.1) is 0 Å². The van der Waals surface area contributed by atoms with Gasteiger partial charge in [-0.1, -0.05) is 5.16 Å². The van der Waals surface area contributed by atoms with Gasteiger partial charge in [-0.25, -0.2) is 0 Å². The topological polar surface area (TPSA) is 83.4 Å². The normalized spacial score (nSPS) is 29.8. The van der Waals surface area contributed by atoms with E-state index in [1.54, 1.807) is 0 Å². The van der Waals surface area contributed by atoms with E-state index in [2.05, 4.69) is 10.1 Å². The van der Waals surface area contributed by atoms with Crippen LogP contribution in [0.5, 0.6) is 0 Å². The molecule has 0 bridgehead atoms. The fourth-order valence-electron chi connectivity index (χ4n) is 1.65. The number of hydrogen-bond donors (Lipinski definition) is 1. The maximum atomic E-state index is 5.97. The van der Waals surface area contributed by atoms with Gasteiger partial charge in [-0.3, -0.25) is 0 Å². The van der Waals surface area contributed by atoms with E-state index >= 15 is 0 Å². The van der Waals surface area contributed by atoms with Gasteiger partial charge in [0.2, 0.25) is 5.89 Å². The fourth-order valence-corrected chi connectivity index (χ4v) is 1.65. The minimum Gasteiger partial charge on any atom is -0.379 e. The van der Waals surface area contributed by atoms with Crippen LogP contribution in [0.3, 0.4) is 0 Å². The molecule has 1 aromatic rings. The Morgan fingerprint density at radius 1 is 1.62 bits per heavy atom. The van der Waals surface area contributed by atoms with Crippen LogP contribution in [-0.2, 0) is 21.5 Å². The molecule has 0 aromatic carbocycles. The summed E-state index contributed by atoms with van der Waals surface area (Å²) in [6, 6.07) is -0.104. The van der Waals surface area contributed by atoms with Crippen molar-refractivity contribution in [3.05, 3.63) is 11.7 Å². The molecule has 2 heterocycles. The molecule has 2 atom stereocenters. The Bertz CT molecular complexity index is 355. The minimum atomic E-state index is -0.378. The maximum absolute atomic E-state index is 5.97. The van der Waals surface area contributed by atoms with Crippen LogP contribution in [0.2, 0.25) is 0 Å². The zero-order chi connectivity index (χ0) is 11.6. The van der Waals surface area contributed by atoms with E-state index < -0.39 is 0 Å². The van der Waals surface area contributed by atoms with Crippen LogP contribution in [0, 0.1) is 0 Å². The summed E-state index contributed by atoms with van der Waals surface area (Å²) in [6.45, 7) is 5.94. The van der Waals surface area contributed by atoms with Crippen molar-refractivity contribution in [2.75, 3.05) is 19.8 Å². The van der Waals surface area contributed by atoms with Crippen LogP contribution in [0.4, 0.5) is 0 Å². The number of nitrogens with zero attached hydrogens (tertiary/aromatic N) is 2. The van der Waals surface area contributed by atoms with Crippen molar-refractivity contribution in [2.24, 2.45) is 5.73 Å². The number of nitrogens with two attached hydrogens (primary N) is 1. The monoisotopic (exact) mass is 227 g/mol. The van der Waals surface area contributed by atoms with Crippen LogP contribution in [0.1, 0.15) is 25.6 Å². The summed E-state index contributed by atoms with van der Waals surface area (Å²) in [6.07, 6.45) is 0. The second kappa shape index (κ2) is 4.48. The van der Waals surface area contributed by atoms with Crippen molar-refractivity contribution in [2.45, 2.75) is 31.9 Å². The van der Waals surface area contributed by atoms with Crippen molar-refractivity contribution in [1.29, 1.82) is 0 Å². The number of hydrogen-bond acceptors (Lipinski definition) is 6. The Hall–Kier alpha value is -0.980. The van der Waals surface area contributed by atoms with Crippen LogP contribution in [0.15, 0.2) is 4.52 Å². The molecule has 1 aliphatic heterocycles. The number of rotatable bonds is 4. The van der Waals surface area contributed by atoms with E-state index in [9.17, 15) is 0 Å². The van der Waals surface area contributed by atoms with Gasteiger partial charge in [0.25, 0.3) is 0 Å². The molecule has 2 rings (SSSR count). The summed E-state index contributed by atoms with van der Waals surface area (Å²) in [5, 5.41) is 3.86. The summed E-state index contributed by atoms with van der Waals surface area (Å²) in [4.78, 5) is 4.29. The van der Waals surface area contributed by atoms with Gasteiger partial charge >= 0.3 is 0 Å². The molecule has 6 nitrogen and oxygen atoms in total. The lowest BCUT2D eigenvalue weighted by Gasteiger charge is -2.21. The molecule has 2 unspecified atom stereocenters. The Morgan fingerprint density at radius 2 is 2.44 bits per heavy atom. The number of aromatic nitrogens is 2. The summed E-state index contributed by atoms with van der Waals surface area (Å²) in [7, 11) is 0. The first-order valence-corrected chi connectivity index (χ1v) is 5.41. The van der Waals surface area contributed by atoms with Crippen LogP contribution in [-0.4, -0.2) is 36.0 Å². The van der Waals surface area contributed by atoms with Gasteiger partial charge in [0.15, 0.2) is 5.82 Å². The molecule has 16 heavy (non-hydrogen) atoms. The largest absolute Gasteiger partial charge is 0.379 e. The van der Waals surface area contributed by atoms with Gasteiger partial charge in [0, 0.05) is 12.6 Å². The third-order valence-corrected chi connectivity index (χ3v) is 2.91. The van der Waals surface area contributed by atoms with Gasteiger partial charge in [-0.2, -0.15) is 4.98 Å². The molecule has 0 saturated carbocycles. The second-order valence-electron chi connectivity index (χ2n) is 4.19. The molecule has 1 aliphatic rings. The first kappa shape index (κ1) is 11.5. The molecule has 0 aliphatic carbocycles. The smallest absolute Gasteiger partial charge is 0.236 e. The predicted molar refractivity (Wildman–Crippen MR) is 55.8 cm³/mol. The van der Waals surface area contributed by atoms with Gasteiger partial charge in [0.1, 0.15) is 6.61 Å². The quantitative estimate of drug-likeness (QED) is 0.792. The third kappa shape index (κ3) is 1.95. The lowest BCUT2D eigenvalue weighted by atomic mass is 9.86. The highest BCUT2D eigenvalue weighted by Crippen LogP contribution is 2.30. The minimum absolute atomic E-state index is 0.104. The predicted octanol–water partition coefficient (Wildman–Crippen LogP) is 0.221. The Balaban J connectivity index is 2.11. The average Bonchev–Trinajstić information content (AvgIpc) is 2.85. The molecule has 6 heteroatoms. The SMILES string of the molecule is CCOCc1noc(C2(C)COCC2N)n1. The fraction of sp³-hybridized carbons (Fsp3) is 0.800. The summed E-state index contributed by atoms with van der Waals surface area (Å²) >= 11 is 0. The Kier molecular flexibility index (Phi) is 3.22. The first-order chi connectivity index (χ1) is 7.66. The van der Waals surface area contributed by atoms with Gasteiger partial charge in [0.05, 0.1) is 18.6 Å². The molecule has 2 N–H and O–H groups in total. The van der Waals surface area contributed by atoms with Gasteiger partial charge < -0.3 is 19.7 Å². The highest BCUT2D eigenvalue weighted by atomic mass is 16.5. The van der Waals surface area contributed by atoms with Gasteiger partial charge in [-0.05, 0) is 13.8 Å². The second-order valence-corrected chi connectivity index (χ2v) is 4.19. The molecular formula is C10H17N3O3. The Labute approximate surface area is 94.1 Å². The number of ether oxygens (including phenoxy) is 2. The summed E-state index contributed by atoms with van der Waals surface area (Å²) in [5.41, 5.74) is 5.59. The van der Waals surface area contributed by atoms with E-state index in [-0.39, 0.29) is 11.5 Å². The molecule has 1 aromatic heterocycles. The zero-order valence-corrected chi connectivity index (χ0v) is 9.60. The van der Waals surface area contributed by atoms with Crippen molar-refractivity contribution in [3.63, 3.8) is 0 Å². The molecule has 0 spiro atoms. The van der Waals surface area contributed by atoms with E-state index in [1.807, 2.05) is 13.8 Å². The van der Waals surface area contributed by atoms with Crippen LogP contribution >= 0.6 is 0 Å². The molecule has 90 valence electrons. The first-order valence-electron chi connectivity index (χ1n) is 5.41. The van der Waals surface area contributed by atoms with E-state index in [0.717, 1.165) is 0 Å². The summed E-state index contributed by atoms with van der Waals surface area (Å²) in [5.74, 6) is 1.09.